The van der Waals surface area contributed by atoms with E-state index in [2.05, 4.69) is 10.3 Å². The zero-order valence-electron chi connectivity index (χ0n) is 12.0. The van der Waals surface area contributed by atoms with Crippen molar-refractivity contribution in [3.63, 3.8) is 0 Å². The zero-order chi connectivity index (χ0) is 14.8. The van der Waals surface area contributed by atoms with Crippen molar-refractivity contribution in [2.45, 2.75) is 20.3 Å². The maximum Gasteiger partial charge on any atom is 0.230 e. The van der Waals surface area contributed by atoms with Crippen LogP contribution in [0.25, 0.3) is 10.2 Å². The zero-order valence-corrected chi connectivity index (χ0v) is 12.8. The Kier molecular flexibility index (Phi) is 3.71. The lowest BCUT2D eigenvalue weighted by Gasteiger charge is -2.02. The fourth-order valence-corrected chi connectivity index (χ4v) is 3.27. The van der Waals surface area contributed by atoms with Crippen LogP contribution in [0.2, 0.25) is 0 Å². The van der Waals surface area contributed by atoms with Gasteiger partial charge in [-0.1, -0.05) is 53.3 Å². The number of hydrogen-bond donors (Lipinski definition) is 1. The third-order valence-electron chi connectivity index (χ3n) is 3.31. The van der Waals surface area contributed by atoms with Crippen molar-refractivity contribution in [3.8, 4) is 0 Å². The maximum absolute atomic E-state index is 12.1. The van der Waals surface area contributed by atoms with Crippen LogP contribution < -0.4 is 5.32 Å². The minimum atomic E-state index is -0.0303. The van der Waals surface area contributed by atoms with Gasteiger partial charge in [0.15, 0.2) is 5.13 Å². The van der Waals surface area contributed by atoms with Gasteiger partial charge in [0.25, 0.3) is 0 Å². The van der Waals surface area contributed by atoms with Crippen LogP contribution in [-0.4, -0.2) is 10.9 Å². The highest BCUT2D eigenvalue weighted by atomic mass is 32.1. The first-order chi connectivity index (χ1) is 10.1. The second-order valence-electron chi connectivity index (χ2n) is 5.15. The largest absolute Gasteiger partial charge is 0.302 e. The van der Waals surface area contributed by atoms with E-state index in [0.717, 1.165) is 26.9 Å². The van der Waals surface area contributed by atoms with E-state index in [1.54, 1.807) is 0 Å². The van der Waals surface area contributed by atoms with Crippen molar-refractivity contribution in [1.82, 2.24) is 4.98 Å². The van der Waals surface area contributed by atoms with Gasteiger partial charge in [-0.25, -0.2) is 4.98 Å². The summed E-state index contributed by atoms with van der Waals surface area (Å²) in [5.41, 5.74) is 4.27. The van der Waals surface area contributed by atoms with Crippen LogP contribution in [-0.2, 0) is 11.2 Å². The molecule has 1 heterocycles. The molecule has 3 rings (SSSR count). The average Bonchev–Trinajstić information content (AvgIpc) is 2.82. The smallest absolute Gasteiger partial charge is 0.230 e. The van der Waals surface area contributed by atoms with Gasteiger partial charge in [-0.15, -0.1) is 0 Å². The van der Waals surface area contributed by atoms with E-state index < -0.39 is 0 Å². The summed E-state index contributed by atoms with van der Waals surface area (Å²) in [4.78, 5) is 16.6. The predicted octanol–water partition coefficient (Wildman–Crippen LogP) is 4.09. The van der Waals surface area contributed by atoms with Crippen LogP contribution in [0.4, 0.5) is 5.13 Å². The number of aryl methyl sites for hydroxylation is 2. The fraction of sp³-hybridized carbons (Fsp3) is 0.176. The predicted molar refractivity (Wildman–Crippen MR) is 87.9 cm³/mol. The molecule has 0 aliphatic rings. The van der Waals surface area contributed by atoms with Gasteiger partial charge < -0.3 is 5.32 Å². The Morgan fingerprint density at radius 1 is 1.19 bits per heavy atom. The number of benzene rings is 2. The lowest BCUT2D eigenvalue weighted by molar-refractivity contribution is -0.115. The molecular weight excluding hydrogens is 280 g/mol. The Morgan fingerprint density at radius 2 is 2.00 bits per heavy atom. The van der Waals surface area contributed by atoms with Crippen LogP contribution in [0, 0.1) is 13.8 Å². The number of nitrogens with zero attached hydrogens (tertiary/aromatic N) is 1. The van der Waals surface area contributed by atoms with Gasteiger partial charge >= 0.3 is 0 Å². The number of amides is 1. The standard InChI is InChI=1S/C17H16N2OS/c1-11-5-3-7-13(9-11)10-15(20)18-17-19-16-12(2)6-4-8-14(16)21-17/h3-9H,10H2,1-2H3,(H,18,19,20). The molecule has 0 radical (unpaired) electrons. The van der Waals surface area contributed by atoms with Crippen molar-refractivity contribution >= 4 is 32.6 Å². The Hall–Kier alpha value is -2.20. The molecule has 0 fully saturated rings. The first kappa shape index (κ1) is 13.8. The Morgan fingerprint density at radius 3 is 2.76 bits per heavy atom. The summed E-state index contributed by atoms with van der Waals surface area (Å²) < 4.78 is 1.10. The minimum Gasteiger partial charge on any atom is -0.302 e. The Labute approximate surface area is 127 Å². The first-order valence-corrected chi connectivity index (χ1v) is 7.65. The molecule has 3 nitrogen and oxygen atoms in total. The topological polar surface area (TPSA) is 42.0 Å². The van der Waals surface area contributed by atoms with Crippen LogP contribution in [0.15, 0.2) is 42.5 Å². The number of thiazole rings is 1. The number of fused-ring (bicyclic) bond motifs is 1. The highest BCUT2D eigenvalue weighted by Crippen LogP contribution is 2.27. The fourth-order valence-electron chi connectivity index (χ4n) is 2.31. The third kappa shape index (κ3) is 3.11. The number of nitrogens with one attached hydrogen (secondary N) is 1. The summed E-state index contributed by atoms with van der Waals surface area (Å²) >= 11 is 1.51. The van der Waals surface area contributed by atoms with Crippen LogP contribution >= 0.6 is 11.3 Å². The van der Waals surface area contributed by atoms with Crippen LogP contribution in [0.5, 0.6) is 0 Å². The average molecular weight is 296 g/mol. The van der Waals surface area contributed by atoms with Gasteiger partial charge in [0.2, 0.25) is 5.91 Å². The number of hydrogen-bond acceptors (Lipinski definition) is 3. The first-order valence-electron chi connectivity index (χ1n) is 6.83. The quantitative estimate of drug-likeness (QED) is 0.791. The summed E-state index contributed by atoms with van der Waals surface area (Å²) in [6.45, 7) is 4.05. The minimum absolute atomic E-state index is 0.0303. The summed E-state index contributed by atoms with van der Waals surface area (Å²) in [7, 11) is 0. The van der Waals surface area contributed by atoms with Gasteiger partial charge in [-0.2, -0.15) is 0 Å². The Bertz CT molecular complexity index is 807. The maximum atomic E-state index is 12.1. The van der Waals surface area contributed by atoms with Crippen molar-refractivity contribution in [1.29, 1.82) is 0 Å². The number of carbonyl (C=O) groups excluding carboxylic acids is 1. The SMILES string of the molecule is Cc1cccc(CC(=O)Nc2nc3c(C)cccc3s2)c1. The molecule has 106 valence electrons. The molecule has 0 aliphatic heterocycles. The molecule has 0 saturated carbocycles. The highest BCUT2D eigenvalue weighted by Gasteiger charge is 2.09. The van der Waals surface area contributed by atoms with Gasteiger partial charge in [0.1, 0.15) is 0 Å². The van der Waals surface area contributed by atoms with E-state index in [9.17, 15) is 4.79 Å². The molecule has 4 heteroatoms. The van der Waals surface area contributed by atoms with Crippen molar-refractivity contribution in [2.75, 3.05) is 5.32 Å². The van der Waals surface area contributed by atoms with E-state index in [1.165, 1.54) is 11.3 Å². The van der Waals surface area contributed by atoms with Gasteiger partial charge in [-0.05, 0) is 31.0 Å². The normalized spacial score (nSPS) is 10.8. The molecule has 3 aromatic rings. The lowest BCUT2D eigenvalue weighted by atomic mass is 10.1. The molecule has 0 spiro atoms. The van der Waals surface area contributed by atoms with Gasteiger partial charge in [-0.3, -0.25) is 4.79 Å². The summed E-state index contributed by atoms with van der Waals surface area (Å²) in [6, 6.07) is 14.1. The highest BCUT2D eigenvalue weighted by molar-refractivity contribution is 7.22. The number of carbonyl (C=O) groups is 1. The summed E-state index contributed by atoms with van der Waals surface area (Å²) in [6.07, 6.45) is 0.372. The third-order valence-corrected chi connectivity index (χ3v) is 4.25. The van der Waals surface area contributed by atoms with E-state index in [1.807, 2.05) is 56.3 Å². The van der Waals surface area contributed by atoms with Crippen molar-refractivity contribution < 1.29 is 4.79 Å². The summed E-state index contributed by atoms with van der Waals surface area (Å²) in [5.74, 6) is -0.0303. The summed E-state index contributed by atoms with van der Waals surface area (Å²) in [5, 5.41) is 3.56. The molecule has 21 heavy (non-hydrogen) atoms. The molecule has 0 unspecified atom stereocenters. The second-order valence-corrected chi connectivity index (χ2v) is 6.19. The molecule has 0 saturated heterocycles. The van der Waals surface area contributed by atoms with Crippen LogP contribution in [0.1, 0.15) is 16.7 Å². The molecular formula is C17H16N2OS. The molecule has 0 atom stereocenters. The second kappa shape index (κ2) is 5.66. The Balaban J connectivity index is 1.75. The number of aromatic nitrogens is 1. The van der Waals surface area contributed by atoms with Gasteiger partial charge in [0.05, 0.1) is 16.6 Å². The van der Waals surface area contributed by atoms with E-state index >= 15 is 0 Å². The van der Waals surface area contributed by atoms with E-state index in [-0.39, 0.29) is 5.91 Å². The number of anilines is 1. The molecule has 1 aromatic heterocycles. The molecule has 0 aliphatic carbocycles. The molecule has 2 aromatic carbocycles. The molecule has 1 amide bonds. The number of para-hydroxylation sites is 1. The van der Waals surface area contributed by atoms with Crippen molar-refractivity contribution in [3.05, 3.63) is 59.2 Å². The molecule has 1 N–H and O–H groups in total. The van der Waals surface area contributed by atoms with Crippen molar-refractivity contribution in [2.24, 2.45) is 0 Å². The van der Waals surface area contributed by atoms with Gasteiger partial charge in [0, 0.05) is 0 Å². The van der Waals surface area contributed by atoms with E-state index in [0.29, 0.717) is 11.6 Å². The lowest BCUT2D eigenvalue weighted by Crippen LogP contribution is -2.14. The van der Waals surface area contributed by atoms with E-state index in [4.69, 9.17) is 0 Å². The van der Waals surface area contributed by atoms with Crippen LogP contribution in [0.3, 0.4) is 0 Å². The monoisotopic (exact) mass is 296 g/mol. The molecule has 0 bridgehead atoms. The number of rotatable bonds is 3.